The Morgan fingerprint density at radius 2 is 2.25 bits per heavy atom. The number of hydrogen-bond acceptors (Lipinski definition) is 3. The van der Waals surface area contributed by atoms with E-state index in [1.165, 1.54) is 0 Å². The zero-order chi connectivity index (χ0) is 17.1. The number of carbonyl (C=O) groups excluding carboxylic acids is 2. The van der Waals surface area contributed by atoms with Crippen LogP contribution in [0.5, 0.6) is 0 Å². The fraction of sp³-hybridized carbons (Fsp3) is 0.353. The van der Waals surface area contributed by atoms with Gasteiger partial charge in [-0.25, -0.2) is 0 Å². The highest BCUT2D eigenvalue weighted by atomic mass is 35.5. The van der Waals surface area contributed by atoms with Crippen molar-refractivity contribution in [3.8, 4) is 0 Å². The summed E-state index contributed by atoms with van der Waals surface area (Å²) in [4.78, 5) is 26.5. The lowest BCUT2D eigenvalue weighted by atomic mass is 10.0. The minimum Gasteiger partial charge on any atom is -0.344 e. The molecule has 1 atom stereocenters. The van der Waals surface area contributed by atoms with E-state index in [1.807, 2.05) is 31.2 Å². The van der Waals surface area contributed by atoms with Gasteiger partial charge in [-0.3, -0.25) is 14.7 Å². The molecule has 1 unspecified atom stereocenters. The quantitative estimate of drug-likeness (QED) is 0.891. The summed E-state index contributed by atoms with van der Waals surface area (Å²) in [5, 5.41) is 10.2. The number of aromatic amines is 1. The fourth-order valence-electron chi connectivity index (χ4n) is 2.89. The van der Waals surface area contributed by atoms with Gasteiger partial charge in [0.2, 0.25) is 11.8 Å². The van der Waals surface area contributed by atoms with Gasteiger partial charge in [0.15, 0.2) is 0 Å². The van der Waals surface area contributed by atoms with Gasteiger partial charge in [-0.1, -0.05) is 23.7 Å². The minimum atomic E-state index is -0.525. The van der Waals surface area contributed by atoms with Crippen molar-refractivity contribution in [1.29, 1.82) is 0 Å². The molecular formula is C17H19ClN4O2. The largest absolute Gasteiger partial charge is 0.344 e. The Morgan fingerprint density at radius 3 is 2.96 bits per heavy atom. The average molecular weight is 347 g/mol. The summed E-state index contributed by atoms with van der Waals surface area (Å²) in [7, 11) is 0. The molecule has 0 radical (unpaired) electrons. The van der Waals surface area contributed by atoms with Crippen LogP contribution in [0.2, 0.25) is 5.02 Å². The third kappa shape index (κ3) is 3.59. The van der Waals surface area contributed by atoms with Crippen LogP contribution < -0.4 is 10.2 Å². The molecular weight excluding hydrogens is 328 g/mol. The maximum absolute atomic E-state index is 12.7. The van der Waals surface area contributed by atoms with Gasteiger partial charge in [-0.05, 0) is 38.0 Å². The summed E-state index contributed by atoms with van der Waals surface area (Å²) in [6.45, 7) is 2.48. The number of hydrogen-bond donors (Lipinski definition) is 2. The number of nitrogens with zero attached hydrogens (tertiary/aromatic N) is 2. The normalized spacial score (nSPS) is 17.8. The van der Waals surface area contributed by atoms with Crippen molar-refractivity contribution in [3.05, 3.63) is 46.7 Å². The van der Waals surface area contributed by atoms with E-state index in [0.717, 1.165) is 12.1 Å². The van der Waals surface area contributed by atoms with Gasteiger partial charge in [0.1, 0.15) is 6.04 Å². The zero-order valence-corrected chi connectivity index (χ0v) is 14.1. The second-order valence-corrected chi connectivity index (χ2v) is 6.33. The van der Waals surface area contributed by atoms with Gasteiger partial charge in [0, 0.05) is 12.2 Å². The van der Waals surface area contributed by atoms with E-state index in [2.05, 4.69) is 15.5 Å². The number of aryl methyl sites for hydroxylation is 1. The SMILES string of the molecule is Cc1cc(CC(=O)NC2CCCN(c3ccccc3Cl)C2=O)n[nH]1. The van der Waals surface area contributed by atoms with Gasteiger partial charge in [-0.2, -0.15) is 5.10 Å². The van der Waals surface area contributed by atoms with Gasteiger partial charge >= 0.3 is 0 Å². The molecule has 0 bridgehead atoms. The van der Waals surface area contributed by atoms with Crippen LogP contribution >= 0.6 is 11.6 Å². The van der Waals surface area contributed by atoms with Crippen LogP contribution in [0.15, 0.2) is 30.3 Å². The number of benzene rings is 1. The number of amides is 2. The van der Waals surface area contributed by atoms with Crippen molar-refractivity contribution >= 4 is 29.1 Å². The number of H-pyrrole nitrogens is 1. The third-order valence-electron chi connectivity index (χ3n) is 4.02. The Labute approximate surface area is 145 Å². The molecule has 6 nitrogen and oxygen atoms in total. The van der Waals surface area contributed by atoms with Crippen LogP contribution in [-0.2, 0) is 16.0 Å². The number of anilines is 1. The molecule has 1 saturated heterocycles. The Hall–Kier alpha value is -2.34. The highest BCUT2D eigenvalue weighted by Gasteiger charge is 2.31. The lowest BCUT2D eigenvalue weighted by molar-refractivity contribution is -0.128. The van der Waals surface area contributed by atoms with E-state index in [9.17, 15) is 9.59 Å². The van der Waals surface area contributed by atoms with Crippen molar-refractivity contribution < 1.29 is 9.59 Å². The molecule has 1 aromatic heterocycles. The lowest BCUT2D eigenvalue weighted by Gasteiger charge is -2.33. The predicted molar refractivity (Wildman–Crippen MR) is 92.0 cm³/mol. The Kier molecular flexibility index (Phi) is 4.85. The first kappa shape index (κ1) is 16.5. The lowest BCUT2D eigenvalue weighted by Crippen LogP contribution is -2.52. The summed E-state index contributed by atoms with van der Waals surface area (Å²) >= 11 is 6.19. The van der Waals surface area contributed by atoms with Gasteiger partial charge in [0.05, 0.1) is 22.8 Å². The van der Waals surface area contributed by atoms with Gasteiger partial charge in [0.25, 0.3) is 0 Å². The molecule has 0 spiro atoms. The van der Waals surface area contributed by atoms with E-state index in [4.69, 9.17) is 11.6 Å². The number of halogens is 1. The van der Waals surface area contributed by atoms with Crippen molar-refractivity contribution in [2.75, 3.05) is 11.4 Å². The van der Waals surface area contributed by atoms with E-state index >= 15 is 0 Å². The molecule has 2 aromatic rings. The average Bonchev–Trinajstić information content (AvgIpc) is 2.95. The second kappa shape index (κ2) is 7.05. The number of para-hydroxylation sites is 1. The van der Waals surface area contributed by atoms with Crippen molar-refractivity contribution in [1.82, 2.24) is 15.5 Å². The maximum atomic E-state index is 12.7. The Bertz CT molecular complexity index is 759. The molecule has 2 N–H and O–H groups in total. The van der Waals surface area contributed by atoms with Crippen LogP contribution in [0.4, 0.5) is 5.69 Å². The standard InChI is InChI=1S/C17H19ClN4O2/c1-11-9-12(21-20-11)10-16(23)19-14-6-4-8-22(17(14)24)15-7-3-2-5-13(15)18/h2-3,5,7,9,14H,4,6,8,10H2,1H3,(H,19,23)(H,20,21). The molecule has 3 rings (SSSR count). The first-order valence-corrected chi connectivity index (χ1v) is 8.28. The molecule has 24 heavy (non-hydrogen) atoms. The van der Waals surface area contributed by atoms with E-state index < -0.39 is 6.04 Å². The Balaban J connectivity index is 1.67. The molecule has 1 aromatic carbocycles. The molecule has 126 valence electrons. The first-order chi connectivity index (χ1) is 11.5. The van der Waals surface area contributed by atoms with Crippen LogP contribution in [-0.4, -0.2) is 34.6 Å². The summed E-state index contributed by atoms with van der Waals surface area (Å²) in [6.07, 6.45) is 1.59. The highest BCUT2D eigenvalue weighted by Crippen LogP contribution is 2.28. The summed E-state index contributed by atoms with van der Waals surface area (Å²) in [5.41, 5.74) is 2.25. The topological polar surface area (TPSA) is 78.1 Å². The predicted octanol–water partition coefficient (Wildman–Crippen LogP) is 2.23. The molecule has 0 aliphatic carbocycles. The number of piperidine rings is 1. The molecule has 2 heterocycles. The monoisotopic (exact) mass is 346 g/mol. The first-order valence-electron chi connectivity index (χ1n) is 7.91. The summed E-state index contributed by atoms with van der Waals surface area (Å²) in [5.74, 6) is -0.332. The van der Waals surface area contributed by atoms with E-state index in [-0.39, 0.29) is 18.2 Å². The van der Waals surface area contributed by atoms with Crippen LogP contribution in [0.3, 0.4) is 0 Å². The number of carbonyl (C=O) groups is 2. The highest BCUT2D eigenvalue weighted by molar-refractivity contribution is 6.33. The number of aromatic nitrogens is 2. The zero-order valence-electron chi connectivity index (χ0n) is 13.4. The summed E-state index contributed by atoms with van der Waals surface area (Å²) < 4.78 is 0. The molecule has 0 saturated carbocycles. The molecule has 1 aliphatic heterocycles. The van der Waals surface area contributed by atoms with Crippen molar-refractivity contribution in [2.24, 2.45) is 0 Å². The second-order valence-electron chi connectivity index (χ2n) is 5.92. The van der Waals surface area contributed by atoms with E-state index in [0.29, 0.717) is 29.4 Å². The third-order valence-corrected chi connectivity index (χ3v) is 4.34. The molecule has 1 aliphatic rings. The smallest absolute Gasteiger partial charge is 0.249 e. The van der Waals surface area contributed by atoms with Crippen molar-refractivity contribution in [2.45, 2.75) is 32.2 Å². The molecule has 7 heteroatoms. The summed E-state index contributed by atoms with van der Waals surface area (Å²) in [6, 6.07) is 8.53. The van der Waals surface area contributed by atoms with E-state index in [1.54, 1.807) is 11.0 Å². The number of nitrogens with one attached hydrogen (secondary N) is 2. The molecule has 2 amide bonds. The van der Waals surface area contributed by atoms with Crippen LogP contribution in [0.1, 0.15) is 24.2 Å². The maximum Gasteiger partial charge on any atom is 0.249 e. The van der Waals surface area contributed by atoms with Crippen molar-refractivity contribution in [3.63, 3.8) is 0 Å². The van der Waals surface area contributed by atoms with Gasteiger partial charge in [-0.15, -0.1) is 0 Å². The van der Waals surface area contributed by atoms with Crippen LogP contribution in [0, 0.1) is 6.92 Å². The van der Waals surface area contributed by atoms with Crippen LogP contribution in [0.25, 0.3) is 0 Å². The Morgan fingerprint density at radius 1 is 1.46 bits per heavy atom. The minimum absolute atomic E-state index is 0.124. The van der Waals surface area contributed by atoms with Gasteiger partial charge < -0.3 is 10.2 Å². The number of rotatable bonds is 4. The fourth-order valence-corrected chi connectivity index (χ4v) is 3.13. The molecule has 1 fully saturated rings.